The Labute approximate surface area is 172 Å². The van der Waals surface area contributed by atoms with Gasteiger partial charge in [0.25, 0.3) is 0 Å². The zero-order valence-corrected chi connectivity index (χ0v) is 16.2. The van der Waals surface area contributed by atoms with Crippen LogP contribution in [0.5, 0.6) is 23.3 Å². The molecule has 0 aliphatic carbocycles. The molecular formula is C22H17N3O5. The second kappa shape index (κ2) is 9.71. The molecule has 3 rings (SSSR count). The standard InChI is InChI=1S/C22H17N3O5/c1-27-13-17(22(26)28-2)16-8-4-6-10-19(16)30-21-11-20(24-14-25-21)29-18-9-5-3-7-15(18)12-23/h3-11,13-14H,1-2H3. The zero-order chi connectivity index (χ0) is 21.3. The fourth-order valence-corrected chi connectivity index (χ4v) is 2.54. The molecule has 3 aromatic rings. The lowest BCUT2D eigenvalue weighted by molar-refractivity contribution is -0.133. The van der Waals surface area contributed by atoms with E-state index in [0.717, 1.165) is 0 Å². The molecular weight excluding hydrogens is 386 g/mol. The number of hydrogen-bond acceptors (Lipinski definition) is 8. The van der Waals surface area contributed by atoms with Gasteiger partial charge < -0.3 is 18.9 Å². The molecule has 30 heavy (non-hydrogen) atoms. The molecule has 0 N–H and O–H groups in total. The normalized spacial score (nSPS) is 10.6. The minimum Gasteiger partial charge on any atom is -0.503 e. The molecule has 0 bridgehead atoms. The van der Waals surface area contributed by atoms with E-state index in [2.05, 4.69) is 16.0 Å². The van der Waals surface area contributed by atoms with Crippen molar-refractivity contribution in [3.8, 4) is 29.3 Å². The molecule has 150 valence electrons. The maximum atomic E-state index is 12.1. The Bertz CT molecular complexity index is 1120. The molecule has 0 spiro atoms. The molecule has 0 radical (unpaired) electrons. The minimum atomic E-state index is -0.576. The minimum absolute atomic E-state index is 0.184. The topological polar surface area (TPSA) is 104 Å². The van der Waals surface area contributed by atoms with Crippen LogP contribution in [0.3, 0.4) is 0 Å². The van der Waals surface area contributed by atoms with Crippen LogP contribution in [0.15, 0.2) is 67.2 Å². The highest BCUT2D eigenvalue weighted by molar-refractivity contribution is 6.17. The van der Waals surface area contributed by atoms with Crippen LogP contribution in [0.4, 0.5) is 0 Å². The van der Waals surface area contributed by atoms with Gasteiger partial charge >= 0.3 is 5.97 Å². The van der Waals surface area contributed by atoms with E-state index in [1.807, 2.05) is 0 Å². The summed E-state index contributed by atoms with van der Waals surface area (Å²) in [7, 11) is 2.71. The Hall–Kier alpha value is -4.38. The van der Waals surface area contributed by atoms with E-state index in [-0.39, 0.29) is 17.3 Å². The number of methoxy groups -OCH3 is 2. The molecule has 0 unspecified atom stereocenters. The summed E-state index contributed by atoms with van der Waals surface area (Å²) in [6, 6.07) is 17.2. The second-order valence-electron chi connectivity index (χ2n) is 5.76. The number of para-hydroxylation sites is 2. The van der Waals surface area contributed by atoms with Crippen molar-refractivity contribution in [2.75, 3.05) is 14.2 Å². The van der Waals surface area contributed by atoms with Gasteiger partial charge in [-0.25, -0.2) is 14.8 Å². The molecule has 0 saturated heterocycles. The van der Waals surface area contributed by atoms with Gasteiger partial charge in [0, 0.05) is 5.56 Å². The van der Waals surface area contributed by atoms with Crippen molar-refractivity contribution in [2.24, 2.45) is 0 Å². The largest absolute Gasteiger partial charge is 0.503 e. The predicted molar refractivity (Wildman–Crippen MR) is 107 cm³/mol. The number of rotatable bonds is 7. The number of nitrogens with zero attached hydrogens (tertiary/aromatic N) is 3. The van der Waals surface area contributed by atoms with E-state index in [9.17, 15) is 10.1 Å². The first kappa shape index (κ1) is 20.4. The Morgan fingerprint density at radius 1 is 0.967 bits per heavy atom. The van der Waals surface area contributed by atoms with E-state index in [1.165, 1.54) is 32.9 Å². The van der Waals surface area contributed by atoms with E-state index in [1.54, 1.807) is 48.5 Å². The monoisotopic (exact) mass is 403 g/mol. The number of carbonyl (C=O) groups excluding carboxylic acids is 1. The van der Waals surface area contributed by atoms with Crippen molar-refractivity contribution in [3.63, 3.8) is 0 Å². The SMILES string of the molecule is COC=C(C(=O)OC)c1ccccc1Oc1cc(Oc2ccccc2C#N)ncn1. The molecule has 0 aliphatic rings. The molecule has 0 fully saturated rings. The van der Waals surface area contributed by atoms with Crippen LogP contribution in [0.2, 0.25) is 0 Å². The van der Waals surface area contributed by atoms with Gasteiger partial charge in [-0.2, -0.15) is 5.26 Å². The van der Waals surface area contributed by atoms with Gasteiger partial charge in [-0.05, 0) is 18.2 Å². The van der Waals surface area contributed by atoms with Crippen molar-refractivity contribution in [1.82, 2.24) is 9.97 Å². The van der Waals surface area contributed by atoms with Gasteiger partial charge in [-0.15, -0.1) is 0 Å². The number of esters is 1. The molecule has 1 heterocycles. The van der Waals surface area contributed by atoms with Crippen molar-refractivity contribution in [2.45, 2.75) is 0 Å². The molecule has 8 heteroatoms. The highest BCUT2D eigenvalue weighted by atomic mass is 16.5. The molecule has 2 aromatic carbocycles. The molecule has 0 amide bonds. The van der Waals surface area contributed by atoms with Crippen LogP contribution >= 0.6 is 0 Å². The molecule has 1 aromatic heterocycles. The maximum absolute atomic E-state index is 12.1. The van der Waals surface area contributed by atoms with E-state index in [4.69, 9.17) is 18.9 Å². The summed E-state index contributed by atoms with van der Waals surface area (Å²) in [5.74, 6) is 0.520. The lowest BCUT2D eigenvalue weighted by atomic mass is 10.1. The summed E-state index contributed by atoms with van der Waals surface area (Å²) in [6.07, 6.45) is 2.55. The third kappa shape index (κ3) is 4.72. The Kier molecular flexibility index (Phi) is 6.59. The lowest BCUT2D eigenvalue weighted by Gasteiger charge is -2.12. The van der Waals surface area contributed by atoms with Crippen LogP contribution in [0.1, 0.15) is 11.1 Å². The first-order valence-electron chi connectivity index (χ1n) is 8.73. The van der Waals surface area contributed by atoms with Gasteiger partial charge in [0.05, 0.1) is 32.1 Å². The van der Waals surface area contributed by atoms with Crippen molar-refractivity contribution >= 4 is 11.5 Å². The average Bonchev–Trinajstić information content (AvgIpc) is 2.78. The van der Waals surface area contributed by atoms with Crippen LogP contribution in [-0.2, 0) is 14.3 Å². The number of hydrogen-bond donors (Lipinski definition) is 0. The van der Waals surface area contributed by atoms with Crippen molar-refractivity contribution in [3.05, 3.63) is 78.3 Å². The van der Waals surface area contributed by atoms with E-state index >= 15 is 0 Å². The quantitative estimate of drug-likeness (QED) is 0.330. The Morgan fingerprint density at radius 3 is 2.27 bits per heavy atom. The molecule has 0 saturated carbocycles. The number of aromatic nitrogens is 2. The summed E-state index contributed by atoms with van der Waals surface area (Å²) >= 11 is 0. The van der Waals surface area contributed by atoms with Crippen LogP contribution < -0.4 is 9.47 Å². The van der Waals surface area contributed by atoms with E-state index in [0.29, 0.717) is 22.6 Å². The second-order valence-corrected chi connectivity index (χ2v) is 5.76. The smallest absolute Gasteiger partial charge is 0.341 e. The summed E-state index contributed by atoms with van der Waals surface area (Å²) in [6.45, 7) is 0. The fourth-order valence-electron chi connectivity index (χ4n) is 2.54. The fraction of sp³-hybridized carbons (Fsp3) is 0.0909. The van der Waals surface area contributed by atoms with Gasteiger partial charge in [0.1, 0.15) is 29.5 Å². The maximum Gasteiger partial charge on any atom is 0.341 e. The van der Waals surface area contributed by atoms with Gasteiger partial charge in [0.15, 0.2) is 0 Å². The number of ether oxygens (including phenoxy) is 4. The van der Waals surface area contributed by atoms with Gasteiger partial charge in [0.2, 0.25) is 11.8 Å². The Morgan fingerprint density at radius 2 is 1.60 bits per heavy atom. The molecule has 8 nitrogen and oxygen atoms in total. The predicted octanol–water partition coefficient (Wildman–Crippen LogP) is 4.09. The van der Waals surface area contributed by atoms with Crippen LogP contribution in [-0.4, -0.2) is 30.2 Å². The number of nitriles is 1. The Balaban J connectivity index is 1.90. The summed E-state index contributed by atoms with van der Waals surface area (Å²) < 4.78 is 21.4. The lowest BCUT2D eigenvalue weighted by Crippen LogP contribution is -2.06. The van der Waals surface area contributed by atoms with Gasteiger partial charge in [-0.3, -0.25) is 0 Å². The van der Waals surface area contributed by atoms with Crippen LogP contribution in [0, 0.1) is 11.3 Å². The number of benzene rings is 2. The third-order valence-corrected chi connectivity index (χ3v) is 3.87. The molecule has 0 atom stereocenters. The third-order valence-electron chi connectivity index (χ3n) is 3.87. The highest BCUT2D eigenvalue weighted by Gasteiger charge is 2.18. The van der Waals surface area contributed by atoms with E-state index < -0.39 is 5.97 Å². The average molecular weight is 403 g/mol. The van der Waals surface area contributed by atoms with Gasteiger partial charge in [-0.1, -0.05) is 30.3 Å². The summed E-state index contributed by atoms with van der Waals surface area (Å²) in [5.41, 5.74) is 1.02. The summed E-state index contributed by atoms with van der Waals surface area (Å²) in [5, 5.41) is 9.20. The van der Waals surface area contributed by atoms with Crippen LogP contribution in [0.25, 0.3) is 5.57 Å². The summed E-state index contributed by atoms with van der Waals surface area (Å²) in [4.78, 5) is 20.3. The molecule has 0 aliphatic heterocycles. The van der Waals surface area contributed by atoms with Crippen molar-refractivity contribution < 1.29 is 23.7 Å². The number of carbonyl (C=O) groups is 1. The highest BCUT2D eigenvalue weighted by Crippen LogP contribution is 2.32. The zero-order valence-electron chi connectivity index (χ0n) is 16.2. The first-order valence-corrected chi connectivity index (χ1v) is 8.73. The van der Waals surface area contributed by atoms with Crippen molar-refractivity contribution in [1.29, 1.82) is 5.26 Å². The first-order chi connectivity index (χ1) is 14.7.